The molecule has 2 aromatic heterocycles. The van der Waals surface area contributed by atoms with Gasteiger partial charge in [-0.1, -0.05) is 24.3 Å². The van der Waals surface area contributed by atoms with Gasteiger partial charge in [0.15, 0.2) is 0 Å². The van der Waals surface area contributed by atoms with E-state index in [2.05, 4.69) is 50.7 Å². The lowest BCUT2D eigenvalue weighted by molar-refractivity contribution is 0.0942. The number of hydrogen-bond donors (Lipinski definition) is 1. The molecule has 5 rings (SSSR count). The van der Waals surface area contributed by atoms with Crippen molar-refractivity contribution in [2.45, 2.75) is 51.2 Å². The molecule has 184 valence electrons. The van der Waals surface area contributed by atoms with Crippen LogP contribution in [0.4, 0.5) is 5.69 Å². The molecule has 0 unspecified atom stereocenters. The maximum Gasteiger partial charge on any atom is 0.268 e. The van der Waals surface area contributed by atoms with Crippen LogP contribution in [0.1, 0.15) is 52.6 Å². The Labute approximate surface area is 211 Å². The van der Waals surface area contributed by atoms with Crippen LogP contribution in [0.3, 0.4) is 0 Å². The Morgan fingerprint density at radius 3 is 2.54 bits per heavy atom. The fourth-order valence-corrected chi connectivity index (χ4v) is 6.01. The molecule has 0 saturated carbocycles. The zero-order chi connectivity index (χ0) is 24.4. The average molecular weight is 492 g/mol. The summed E-state index contributed by atoms with van der Waals surface area (Å²) in [6, 6.07) is 12.6. The van der Waals surface area contributed by atoms with E-state index in [0.717, 1.165) is 60.9 Å². The minimum atomic E-state index is -0.0747. The van der Waals surface area contributed by atoms with Crippen molar-refractivity contribution in [1.29, 1.82) is 0 Å². The molecule has 2 aliphatic rings. The van der Waals surface area contributed by atoms with Crippen LogP contribution in [-0.2, 0) is 26.7 Å². The van der Waals surface area contributed by atoms with E-state index in [1.165, 1.54) is 11.1 Å². The summed E-state index contributed by atoms with van der Waals surface area (Å²) in [4.78, 5) is 21.2. The number of pyridine rings is 1. The number of rotatable bonds is 8. The van der Waals surface area contributed by atoms with Crippen molar-refractivity contribution < 1.29 is 9.53 Å². The fraction of sp³-hybridized carbons (Fsp3) is 0.407. The zero-order valence-electron chi connectivity index (χ0n) is 20.7. The van der Waals surface area contributed by atoms with E-state index in [4.69, 9.17) is 4.74 Å². The van der Waals surface area contributed by atoms with Crippen LogP contribution in [0.2, 0.25) is 0 Å². The van der Waals surface area contributed by atoms with Gasteiger partial charge in [0.1, 0.15) is 11.4 Å². The molecule has 1 fully saturated rings. The van der Waals surface area contributed by atoms with Gasteiger partial charge in [0.05, 0.1) is 6.61 Å². The molecule has 1 saturated heterocycles. The first kappa shape index (κ1) is 23.8. The number of ether oxygens (including phenoxy) is 1. The molecule has 2 aliphatic heterocycles. The minimum Gasteiger partial charge on any atom is -0.476 e. The summed E-state index contributed by atoms with van der Waals surface area (Å²) in [5, 5.41) is 3.14. The van der Waals surface area contributed by atoms with Crippen LogP contribution >= 0.6 is 11.9 Å². The number of amides is 1. The van der Waals surface area contributed by atoms with Crippen LogP contribution < -0.4 is 15.0 Å². The molecular weight excluding hydrogens is 458 g/mol. The molecule has 7 nitrogen and oxygen atoms in total. The Kier molecular flexibility index (Phi) is 7.02. The van der Waals surface area contributed by atoms with E-state index in [0.29, 0.717) is 24.7 Å². The summed E-state index contributed by atoms with van der Waals surface area (Å²) in [7, 11) is 1.96. The summed E-state index contributed by atoms with van der Waals surface area (Å²) in [5.41, 5.74) is 6.57. The number of aromatic nitrogens is 2. The van der Waals surface area contributed by atoms with Crippen molar-refractivity contribution in [1.82, 2.24) is 19.2 Å². The number of carbonyl (C=O) groups is 1. The number of hydrogen-bond acceptors (Lipinski definition) is 6. The van der Waals surface area contributed by atoms with Gasteiger partial charge in [-0.15, -0.1) is 0 Å². The van der Waals surface area contributed by atoms with Gasteiger partial charge in [-0.05, 0) is 61.9 Å². The van der Waals surface area contributed by atoms with Crippen molar-refractivity contribution >= 4 is 23.5 Å². The third-order valence-electron chi connectivity index (χ3n) is 6.88. The number of benzene rings is 1. The van der Waals surface area contributed by atoms with Gasteiger partial charge in [-0.2, -0.15) is 0 Å². The summed E-state index contributed by atoms with van der Waals surface area (Å²) < 4.78 is 10.2. The maximum absolute atomic E-state index is 13.2. The van der Waals surface area contributed by atoms with Gasteiger partial charge in [0.2, 0.25) is 5.88 Å². The normalized spacial score (nSPS) is 15.5. The topological polar surface area (TPSA) is 62.6 Å². The molecule has 8 heteroatoms. The van der Waals surface area contributed by atoms with Crippen LogP contribution in [0.15, 0.2) is 47.5 Å². The lowest BCUT2D eigenvalue weighted by Crippen LogP contribution is -2.27. The molecule has 1 aromatic carbocycles. The van der Waals surface area contributed by atoms with Crippen molar-refractivity contribution in [2.24, 2.45) is 7.05 Å². The molecule has 0 bridgehead atoms. The third-order valence-corrected chi connectivity index (χ3v) is 8.00. The molecule has 0 aliphatic carbocycles. The summed E-state index contributed by atoms with van der Waals surface area (Å²) in [5.74, 6) is 0.579. The molecule has 35 heavy (non-hydrogen) atoms. The third kappa shape index (κ3) is 4.90. The fourth-order valence-electron chi connectivity index (χ4n) is 4.89. The Balaban J connectivity index is 1.29. The first-order valence-electron chi connectivity index (χ1n) is 12.3. The average Bonchev–Trinajstić information content (AvgIpc) is 3.59. The van der Waals surface area contributed by atoms with Gasteiger partial charge < -0.3 is 19.5 Å². The molecule has 0 spiro atoms. The number of anilines is 1. The van der Waals surface area contributed by atoms with Gasteiger partial charge in [-0.25, -0.2) is 9.29 Å². The first-order chi connectivity index (χ1) is 17.0. The quantitative estimate of drug-likeness (QED) is 0.462. The van der Waals surface area contributed by atoms with E-state index >= 15 is 0 Å². The van der Waals surface area contributed by atoms with Crippen LogP contribution in [-0.4, -0.2) is 39.5 Å². The minimum absolute atomic E-state index is 0.0747. The highest BCUT2D eigenvalue weighted by atomic mass is 32.2. The number of fused-ring (bicyclic) bond motifs is 1. The Morgan fingerprint density at radius 1 is 1.14 bits per heavy atom. The smallest absolute Gasteiger partial charge is 0.268 e. The van der Waals surface area contributed by atoms with Crippen molar-refractivity contribution in [3.05, 3.63) is 70.7 Å². The second kappa shape index (κ2) is 10.3. The molecule has 0 atom stereocenters. The van der Waals surface area contributed by atoms with Crippen molar-refractivity contribution in [2.75, 3.05) is 24.6 Å². The van der Waals surface area contributed by atoms with Crippen LogP contribution in [0.5, 0.6) is 5.88 Å². The molecule has 0 radical (unpaired) electrons. The lowest BCUT2D eigenvalue weighted by Gasteiger charge is -2.23. The highest BCUT2D eigenvalue weighted by Crippen LogP contribution is 2.36. The van der Waals surface area contributed by atoms with Gasteiger partial charge in [0.25, 0.3) is 5.91 Å². The van der Waals surface area contributed by atoms with E-state index in [9.17, 15) is 4.79 Å². The number of nitrogens with zero attached hydrogens (tertiary/aromatic N) is 4. The summed E-state index contributed by atoms with van der Waals surface area (Å²) in [6.45, 7) is 8.86. The highest BCUT2D eigenvalue weighted by molar-refractivity contribution is 7.97. The number of carbonyl (C=O) groups excluding carboxylic acids is 1. The van der Waals surface area contributed by atoms with E-state index < -0.39 is 0 Å². The van der Waals surface area contributed by atoms with E-state index in [-0.39, 0.29) is 5.91 Å². The van der Waals surface area contributed by atoms with E-state index in [1.54, 1.807) is 18.1 Å². The largest absolute Gasteiger partial charge is 0.476 e. The molecular formula is C27H33N5O2S. The Morgan fingerprint density at radius 2 is 1.86 bits per heavy atom. The first-order valence-corrected chi connectivity index (χ1v) is 13.1. The maximum atomic E-state index is 13.2. The Hall–Kier alpha value is -2.97. The molecule has 4 heterocycles. The standard InChI is InChI=1S/C27H33N5O2S/c1-4-34-27-25(31-13-7-8-14-31)20(11-12-28-27)16-29-26(33)23-15-24(19(2)30(23)3)35-32-17-21-9-5-6-10-22(21)18-32/h5-6,9-12,15H,4,7-8,13-14,16-18H2,1-3H3,(H,29,33). The lowest BCUT2D eigenvalue weighted by atomic mass is 10.1. The molecule has 3 aromatic rings. The second-order valence-corrected chi connectivity index (χ2v) is 10.3. The van der Waals surface area contributed by atoms with Crippen LogP contribution in [0, 0.1) is 6.92 Å². The predicted octanol–water partition coefficient (Wildman–Crippen LogP) is 4.68. The monoisotopic (exact) mass is 491 g/mol. The summed E-state index contributed by atoms with van der Waals surface area (Å²) in [6.07, 6.45) is 4.09. The summed E-state index contributed by atoms with van der Waals surface area (Å²) >= 11 is 1.73. The van der Waals surface area contributed by atoms with Gasteiger partial charge in [-0.3, -0.25) is 4.79 Å². The van der Waals surface area contributed by atoms with E-state index in [1.807, 2.05) is 30.7 Å². The Bertz CT molecular complexity index is 1190. The van der Waals surface area contributed by atoms with Crippen LogP contribution in [0.25, 0.3) is 0 Å². The molecule has 1 N–H and O–H groups in total. The predicted molar refractivity (Wildman–Crippen MR) is 140 cm³/mol. The zero-order valence-corrected chi connectivity index (χ0v) is 21.5. The van der Waals surface area contributed by atoms with Crippen molar-refractivity contribution in [3.8, 4) is 5.88 Å². The highest BCUT2D eigenvalue weighted by Gasteiger charge is 2.24. The molecule has 1 amide bonds. The second-order valence-electron chi connectivity index (χ2n) is 9.13. The van der Waals surface area contributed by atoms with Gasteiger partial charge >= 0.3 is 0 Å². The number of nitrogens with one attached hydrogen (secondary N) is 1. The SMILES string of the molecule is CCOc1nccc(CNC(=O)c2cc(SN3Cc4ccccc4C3)c(C)n2C)c1N1CCCC1. The van der Waals surface area contributed by atoms with Gasteiger partial charge in [0, 0.05) is 62.1 Å². The van der Waals surface area contributed by atoms with Crippen molar-refractivity contribution in [3.63, 3.8) is 0 Å².